The van der Waals surface area contributed by atoms with E-state index >= 15 is 0 Å². The molecule has 2 aliphatic rings. The van der Waals surface area contributed by atoms with Crippen molar-refractivity contribution in [2.75, 3.05) is 19.8 Å². The van der Waals surface area contributed by atoms with Crippen LogP contribution >= 0.6 is 0 Å². The highest BCUT2D eigenvalue weighted by Gasteiger charge is 2.44. The van der Waals surface area contributed by atoms with E-state index in [1.807, 2.05) is 6.92 Å². The number of nitrogens with two attached hydrogens (primary N) is 1. The van der Waals surface area contributed by atoms with Gasteiger partial charge < -0.3 is 20.9 Å². The number of aliphatic carboxylic acids is 1. The Kier molecular flexibility index (Phi) is 4.65. The van der Waals surface area contributed by atoms with Gasteiger partial charge in [-0.25, -0.2) is 0 Å². The van der Waals surface area contributed by atoms with Crippen molar-refractivity contribution < 1.29 is 19.4 Å². The molecule has 2 atom stereocenters. The molecule has 0 aromatic rings. The molecule has 1 saturated heterocycles. The van der Waals surface area contributed by atoms with Gasteiger partial charge in [0.05, 0.1) is 24.5 Å². The number of carbonyl (C=O) groups excluding carboxylic acids is 1. The molecule has 6 nitrogen and oxygen atoms in total. The Hall–Kier alpha value is -1.14. The minimum absolute atomic E-state index is 0.0529. The largest absolute Gasteiger partial charge is 0.481 e. The van der Waals surface area contributed by atoms with E-state index in [4.69, 9.17) is 15.6 Å². The van der Waals surface area contributed by atoms with Gasteiger partial charge in [-0.15, -0.1) is 0 Å². The molecule has 20 heavy (non-hydrogen) atoms. The van der Waals surface area contributed by atoms with Gasteiger partial charge in [-0.05, 0) is 38.5 Å². The Morgan fingerprint density at radius 3 is 2.50 bits per heavy atom. The molecule has 0 aromatic carbocycles. The van der Waals surface area contributed by atoms with E-state index in [0.29, 0.717) is 38.5 Å². The second-order valence-corrected chi connectivity index (χ2v) is 6.31. The molecule has 114 valence electrons. The molecule has 0 spiro atoms. The summed E-state index contributed by atoms with van der Waals surface area (Å²) in [5.41, 5.74) is 5.28. The summed E-state index contributed by atoms with van der Waals surface area (Å²) in [7, 11) is 0. The van der Waals surface area contributed by atoms with E-state index in [1.54, 1.807) is 0 Å². The zero-order valence-electron chi connectivity index (χ0n) is 11.9. The molecule has 2 rings (SSSR count). The smallest absolute Gasteiger partial charge is 0.306 e. The van der Waals surface area contributed by atoms with Crippen LogP contribution in [-0.4, -0.2) is 42.8 Å². The van der Waals surface area contributed by atoms with Crippen LogP contribution in [0.4, 0.5) is 0 Å². The fourth-order valence-electron chi connectivity index (χ4n) is 2.98. The molecule has 6 heteroatoms. The SMILES string of the molecule is CC1(C(=O)NCC2CCC(C(=O)O)CC2)COCC1N. The number of rotatable bonds is 4. The topological polar surface area (TPSA) is 102 Å². The normalized spacial score (nSPS) is 37.6. The van der Waals surface area contributed by atoms with Gasteiger partial charge in [0.1, 0.15) is 0 Å². The first-order valence-electron chi connectivity index (χ1n) is 7.28. The number of hydrogen-bond donors (Lipinski definition) is 3. The second kappa shape index (κ2) is 6.10. The molecule has 4 N–H and O–H groups in total. The molecule has 1 saturated carbocycles. The summed E-state index contributed by atoms with van der Waals surface area (Å²) in [6.07, 6.45) is 3.12. The molecule has 0 bridgehead atoms. The van der Waals surface area contributed by atoms with Gasteiger partial charge >= 0.3 is 5.97 Å². The lowest BCUT2D eigenvalue weighted by Gasteiger charge is -2.29. The second-order valence-electron chi connectivity index (χ2n) is 6.31. The van der Waals surface area contributed by atoms with E-state index in [1.165, 1.54) is 0 Å². The minimum atomic E-state index is -0.700. The maximum atomic E-state index is 12.2. The van der Waals surface area contributed by atoms with Crippen LogP contribution in [0.25, 0.3) is 0 Å². The highest BCUT2D eigenvalue weighted by atomic mass is 16.5. The quantitative estimate of drug-likeness (QED) is 0.691. The summed E-state index contributed by atoms with van der Waals surface area (Å²) in [6, 6.07) is -0.259. The van der Waals surface area contributed by atoms with E-state index in [9.17, 15) is 9.59 Å². The number of hydrogen-bond acceptors (Lipinski definition) is 4. The third kappa shape index (κ3) is 3.12. The van der Waals surface area contributed by atoms with Gasteiger partial charge in [-0.2, -0.15) is 0 Å². The van der Waals surface area contributed by atoms with Crippen molar-refractivity contribution in [1.82, 2.24) is 5.32 Å². The maximum Gasteiger partial charge on any atom is 0.306 e. The molecule has 1 amide bonds. The lowest BCUT2D eigenvalue weighted by atomic mass is 9.81. The van der Waals surface area contributed by atoms with Crippen LogP contribution in [0.2, 0.25) is 0 Å². The predicted molar refractivity (Wildman–Crippen MR) is 73.0 cm³/mol. The van der Waals surface area contributed by atoms with Crippen LogP contribution in [0.1, 0.15) is 32.6 Å². The summed E-state index contributed by atoms with van der Waals surface area (Å²) < 4.78 is 5.27. The maximum absolute atomic E-state index is 12.2. The average molecular weight is 284 g/mol. The van der Waals surface area contributed by atoms with Gasteiger partial charge in [0.2, 0.25) is 5.91 Å². The van der Waals surface area contributed by atoms with Crippen LogP contribution < -0.4 is 11.1 Å². The highest BCUT2D eigenvalue weighted by Crippen LogP contribution is 2.30. The van der Waals surface area contributed by atoms with Crippen molar-refractivity contribution in [3.05, 3.63) is 0 Å². The number of carboxylic acids is 1. The van der Waals surface area contributed by atoms with Gasteiger partial charge in [-0.1, -0.05) is 0 Å². The molecular weight excluding hydrogens is 260 g/mol. The summed E-state index contributed by atoms with van der Waals surface area (Å²) >= 11 is 0. The molecule has 2 fully saturated rings. The summed E-state index contributed by atoms with van der Waals surface area (Å²) in [5, 5.41) is 11.9. The summed E-state index contributed by atoms with van der Waals surface area (Å²) in [4.78, 5) is 23.1. The van der Waals surface area contributed by atoms with E-state index < -0.39 is 11.4 Å². The molecular formula is C14H24N2O4. The lowest BCUT2D eigenvalue weighted by molar-refractivity contribution is -0.143. The first-order valence-corrected chi connectivity index (χ1v) is 7.28. The number of carbonyl (C=O) groups is 2. The molecule has 1 aliphatic heterocycles. The lowest BCUT2D eigenvalue weighted by Crippen LogP contribution is -2.50. The van der Waals surface area contributed by atoms with E-state index in [2.05, 4.69) is 5.32 Å². The first-order chi connectivity index (χ1) is 9.43. The summed E-state index contributed by atoms with van der Waals surface area (Å²) in [5.74, 6) is -0.593. The van der Waals surface area contributed by atoms with Crippen LogP contribution in [0.15, 0.2) is 0 Å². The molecule has 2 unspecified atom stereocenters. The molecule has 0 radical (unpaired) electrons. The Labute approximate surface area is 119 Å². The van der Waals surface area contributed by atoms with Gasteiger partial charge in [0, 0.05) is 12.6 Å². The molecule has 1 heterocycles. The molecule has 0 aromatic heterocycles. The number of amides is 1. The van der Waals surface area contributed by atoms with Crippen LogP contribution in [0.3, 0.4) is 0 Å². The minimum Gasteiger partial charge on any atom is -0.481 e. The zero-order valence-corrected chi connectivity index (χ0v) is 11.9. The van der Waals surface area contributed by atoms with Gasteiger partial charge in [0.25, 0.3) is 0 Å². The summed E-state index contributed by atoms with van der Waals surface area (Å²) in [6.45, 7) is 3.23. The van der Waals surface area contributed by atoms with E-state index in [-0.39, 0.29) is 17.9 Å². The van der Waals surface area contributed by atoms with Crippen molar-refractivity contribution in [2.45, 2.75) is 38.6 Å². The van der Waals surface area contributed by atoms with Crippen molar-refractivity contribution >= 4 is 11.9 Å². The third-order valence-electron chi connectivity index (χ3n) is 4.78. The molecule has 1 aliphatic carbocycles. The number of carboxylic acid groups (broad SMARTS) is 1. The standard InChI is InChI=1S/C14H24N2O4/c1-14(8-20-7-11(14)15)13(19)16-6-9-2-4-10(5-3-9)12(17)18/h9-11H,2-8,15H2,1H3,(H,16,19)(H,17,18). The zero-order chi connectivity index (χ0) is 14.8. The van der Waals surface area contributed by atoms with Crippen LogP contribution in [-0.2, 0) is 14.3 Å². The Morgan fingerprint density at radius 2 is 2.00 bits per heavy atom. The van der Waals surface area contributed by atoms with Gasteiger partial charge in [-0.3, -0.25) is 9.59 Å². The van der Waals surface area contributed by atoms with Gasteiger partial charge in [0.15, 0.2) is 0 Å². The van der Waals surface area contributed by atoms with Crippen molar-refractivity contribution in [1.29, 1.82) is 0 Å². The van der Waals surface area contributed by atoms with Crippen LogP contribution in [0, 0.1) is 17.3 Å². The first kappa shape index (κ1) is 15.3. The fourth-order valence-corrected chi connectivity index (χ4v) is 2.98. The predicted octanol–water partition coefficient (Wildman–Crippen LogP) is 0.357. The third-order valence-corrected chi connectivity index (χ3v) is 4.78. The van der Waals surface area contributed by atoms with E-state index in [0.717, 1.165) is 12.8 Å². The number of nitrogens with one attached hydrogen (secondary N) is 1. The van der Waals surface area contributed by atoms with Crippen molar-refractivity contribution in [3.8, 4) is 0 Å². The fraction of sp³-hybridized carbons (Fsp3) is 0.857. The highest BCUT2D eigenvalue weighted by molar-refractivity contribution is 5.83. The average Bonchev–Trinajstić information content (AvgIpc) is 2.77. The number of ether oxygens (including phenoxy) is 1. The van der Waals surface area contributed by atoms with Crippen molar-refractivity contribution in [2.24, 2.45) is 23.0 Å². The van der Waals surface area contributed by atoms with Crippen LogP contribution in [0.5, 0.6) is 0 Å². The Bertz CT molecular complexity index is 379. The monoisotopic (exact) mass is 284 g/mol. The Balaban J connectivity index is 1.76. The Morgan fingerprint density at radius 1 is 1.35 bits per heavy atom. The van der Waals surface area contributed by atoms with Crippen molar-refractivity contribution in [3.63, 3.8) is 0 Å².